The minimum absolute atomic E-state index is 0.335. The maximum absolute atomic E-state index is 9.80. The highest BCUT2D eigenvalue weighted by molar-refractivity contribution is 6.32. The molecule has 35 heavy (non-hydrogen) atoms. The quantitative estimate of drug-likeness (QED) is 0.196. The molecule has 176 valence electrons. The van der Waals surface area contributed by atoms with Crippen LogP contribution in [0.1, 0.15) is 16.7 Å². The van der Waals surface area contributed by atoms with Gasteiger partial charge in [-0.05, 0) is 63.9 Å². The minimum atomic E-state index is 0.335. The number of nitrogens with zero attached hydrogens (tertiary/aromatic N) is 1. The molecule has 0 aliphatic heterocycles. The topological polar surface area (TPSA) is 60.7 Å². The fourth-order valence-electron chi connectivity index (χ4n) is 3.88. The van der Waals surface area contributed by atoms with Crippen LogP contribution in [0.15, 0.2) is 72.8 Å². The second kappa shape index (κ2) is 10.9. The van der Waals surface area contributed by atoms with Gasteiger partial charge in [-0.25, -0.2) is 0 Å². The smallest absolute Gasteiger partial charge is 0.180 e. The highest BCUT2D eigenvalue weighted by atomic mass is 35.5. The van der Waals surface area contributed by atoms with Gasteiger partial charge in [-0.2, -0.15) is 5.26 Å². The molecule has 0 saturated carbocycles. The lowest BCUT2D eigenvalue weighted by Crippen LogP contribution is -2.00. The summed E-state index contributed by atoms with van der Waals surface area (Å²) in [5.74, 6) is 2.06. The van der Waals surface area contributed by atoms with E-state index in [-0.39, 0.29) is 0 Å². The molecule has 0 saturated heterocycles. The summed E-state index contributed by atoms with van der Waals surface area (Å²) in [4.78, 5) is 0. The summed E-state index contributed by atoms with van der Waals surface area (Å²) >= 11 is 6.60. The Morgan fingerprint density at radius 1 is 0.857 bits per heavy atom. The lowest BCUT2D eigenvalue weighted by atomic mass is 10.0. The van der Waals surface area contributed by atoms with E-state index in [0.29, 0.717) is 51.3 Å². The van der Waals surface area contributed by atoms with Crippen molar-refractivity contribution >= 4 is 34.0 Å². The average molecular weight is 486 g/mol. The summed E-state index contributed by atoms with van der Waals surface area (Å²) in [5, 5.41) is 12.5. The zero-order valence-electron chi connectivity index (χ0n) is 19.7. The van der Waals surface area contributed by atoms with Crippen LogP contribution in [0.4, 0.5) is 0 Å². The van der Waals surface area contributed by atoms with Crippen molar-refractivity contribution in [3.8, 4) is 29.1 Å². The summed E-state index contributed by atoms with van der Waals surface area (Å²) in [6.45, 7) is 0.335. The molecule has 0 fully saturated rings. The van der Waals surface area contributed by atoms with E-state index in [9.17, 15) is 5.26 Å². The van der Waals surface area contributed by atoms with Crippen molar-refractivity contribution in [3.63, 3.8) is 0 Å². The molecule has 5 nitrogen and oxygen atoms in total. The molecule has 4 aromatic rings. The van der Waals surface area contributed by atoms with Crippen LogP contribution in [-0.2, 0) is 6.61 Å². The van der Waals surface area contributed by atoms with Crippen LogP contribution in [0.25, 0.3) is 22.4 Å². The first kappa shape index (κ1) is 24.0. The van der Waals surface area contributed by atoms with Crippen molar-refractivity contribution < 1.29 is 18.9 Å². The Balaban J connectivity index is 1.64. The summed E-state index contributed by atoms with van der Waals surface area (Å²) in [6, 6.07) is 25.4. The Hall–Kier alpha value is -4.14. The van der Waals surface area contributed by atoms with E-state index >= 15 is 0 Å². The highest BCUT2D eigenvalue weighted by Crippen LogP contribution is 2.39. The van der Waals surface area contributed by atoms with E-state index in [4.69, 9.17) is 30.5 Å². The highest BCUT2D eigenvalue weighted by Gasteiger charge is 2.14. The van der Waals surface area contributed by atoms with Crippen molar-refractivity contribution in [2.24, 2.45) is 0 Å². The van der Waals surface area contributed by atoms with Crippen LogP contribution < -0.4 is 18.9 Å². The van der Waals surface area contributed by atoms with E-state index in [2.05, 4.69) is 24.3 Å². The van der Waals surface area contributed by atoms with Crippen LogP contribution in [0.2, 0.25) is 5.02 Å². The minimum Gasteiger partial charge on any atom is -0.493 e. The predicted molar refractivity (Wildman–Crippen MR) is 139 cm³/mol. The van der Waals surface area contributed by atoms with Crippen molar-refractivity contribution in [1.82, 2.24) is 0 Å². The Kier molecular flexibility index (Phi) is 7.45. The number of methoxy groups -OCH3 is 3. The Morgan fingerprint density at radius 3 is 2.34 bits per heavy atom. The van der Waals surface area contributed by atoms with Crippen molar-refractivity contribution in [3.05, 3.63) is 94.5 Å². The lowest BCUT2D eigenvalue weighted by Gasteiger charge is -2.15. The third-order valence-electron chi connectivity index (χ3n) is 5.63. The third kappa shape index (κ3) is 5.18. The van der Waals surface area contributed by atoms with Crippen LogP contribution in [-0.4, -0.2) is 21.3 Å². The Labute approximate surface area is 209 Å². The van der Waals surface area contributed by atoms with Crippen LogP contribution in [0.5, 0.6) is 23.0 Å². The van der Waals surface area contributed by atoms with Crippen LogP contribution in [0, 0.1) is 11.3 Å². The molecule has 0 aliphatic rings. The molecule has 0 amide bonds. The Morgan fingerprint density at radius 2 is 1.60 bits per heavy atom. The third-order valence-corrected chi connectivity index (χ3v) is 5.91. The van der Waals surface area contributed by atoms with Gasteiger partial charge in [0.05, 0.1) is 38.0 Å². The molecule has 0 radical (unpaired) electrons. The number of fused-ring (bicyclic) bond motifs is 1. The molecule has 0 N–H and O–H groups in total. The maximum atomic E-state index is 9.80. The summed E-state index contributed by atoms with van der Waals surface area (Å²) < 4.78 is 22.3. The fourth-order valence-corrected chi connectivity index (χ4v) is 4.16. The number of hydrogen-bond acceptors (Lipinski definition) is 5. The van der Waals surface area contributed by atoms with Crippen LogP contribution in [0.3, 0.4) is 0 Å². The van der Waals surface area contributed by atoms with Gasteiger partial charge in [-0.3, -0.25) is 0 Å². The molecule has 0 unspecified atom stereocenters. The molecular weight excluding hydrogens is 462 g/mol. The van der Waals surface area contributed by atoms with Gasteiger partial charge >= 0.3 is 0 Å². The van der Waals surface area contributed by atoms with Gasteiger partial charge in [0.2, 0.25) is 0 Å². The monoisotopic (exact) mass is 485 g/mol. The maximum Gasteiger partial charge on any atom is 0.180 e. The molecule has 0 heterocycles. The van der Waals surface area contributed by atoms with Gasteiger partial charge in [0.1, 0.15) is 6.61 Å². The second-order valence-corrected chi connectivity index (χ2v) is 8.11. The second-order valence-electron chi connectivity index (χ2n) is 7.70. The average Bonchev–Trinajstić information content (AvgIpc) is 2.90. The molecule has 4 aromatic carbocycles. The normalized spacial score (nSPS) is 11.1. The summed E-state index contributed by atoms with van der Waals surface area (Å²) in [7, 11) is 4.68. The number of ether oxygens (including phenoxy) is 4. The first-order chi connectivity index (χ1) is 17.1. The summed E-state index contributed by atoms with van der Waals surface area (Å²) in [5.41, 5.74) is 2.88. The van der Waals surface area contributed by atoms with Gasteiger partial charge in [-0.15, -0.1) is 0 Å². The number of allylic oxidation sites excluding steroid dienone is 1. The molecule has 0 aromatic heterocycles. The molecule has 0 bridgehead atoms. The Bertz CT molecular complexity index is 1430. The van der Waals surface area contributed by atoms with E-state index in [1.54, 1.807) is 57.7 Å². The zero-order chi connectivity index (χ0) is 24.8. The number of benzene rings is 4. The molecule has 0 spiro atoms. The van der Waals surface area contributed by atoms with E-state index in [1.165, 1.54) is 0 Å². The van der Waals surface area contributed by atoms with Gasteiger partial charge in [-0.1, -0.05) is 54.1 Å². The van der Waals surface area contributed by atoms with E-state index in [1.807, 2.05) is 24.3 Å². The van der Waals surface area contributed by atoms with Gasteiger partial charge in [0, 0.05) is 0 Å². The van der Waals surface area contributed by atoms with Crippen molar-refractivity contribution in [2.75, 3.05) is 21.3 Å². The molecule has 4 rings (SSSR count). The van der Waals surface area contributed by atoms with E-state index in [0.717, 1.165) is 16.3 Å². The van der Waals surface area contributed by atoms with E-state index < -0.39 is 0 Å². The molecule has 0 atom stereocenters. The number of hydrogen-bond donors (Lipinski definition) is 0. The molecule has 0 aliphatic carbocycles. The molecular formula is C29H24ClNO4. The number of nitriles is 1. The van der Waals surface area contributed by atoms with Crippen LogP contribution >= 0.6 is 11.6 Å². The summed E-state index contributed by atoms with van der Waals surface area (Å²) in [6.07, 6.45) is 1.74. The van der Waals surface area contributed by atoms with Crippen molar-refractivity contribution in [1.29, 1.82) is 5.26 Å². The molecule has 6 heteroatoms. The van der Waals surface area contributed by atoms with Gasteiger partial charge in [0.25, 0.3) is 0 Å². The largest absolute Gasteiger partial charge is 0.493 e. The fraction of sp³-hybridized carbons (Fsp3) is 0.138. The lowest BCUT2D eigenvalue weighted by molar-refractivity contribution is 0.286. The first-order valence-corrected chi connectivity index (χ1v) is 11.3. The number of halogens is 1. The zero-order valence-corrected chi connectivity index (χ0v) is 20.4. The van der Waals surface area contributed by atoms with Gasteiger partial charge in [0.15, 0.2) is 23.0 Å². The number of rotatable bonds is 8. The predicted octanol–water partition coefficient (Wildman–Crippen LogP) is 7.16. The SMILES string of the molecule is COc1ccc(/C(C#N)=C/c2cc(Cl)c(OCc3cccc4ccccc34)c(OC)c2)cc1OC. The van der Waals surface area contributed by atoms with Gasteiger partial charge < -0.3 is 18.9 Å². The van der Waals surface area contributed by atoms with Crippen molar-refractivity contribution in [2.45, 2.75) is 6.61 Å². The first-order valence-electron chi connectivity index (χ1n) is 10.9. The standard InChI is InChI=1S/C29H24ClNO4/c1-32-26-12-11-21(16-27(26)33-2)23(17-31)13-19-14-25(30)29(28(15-19)34-3)35-18-22-9-6-8-20-7-4-5-10-24(20)22/h4-16H,18H2,1-3H3/b23-13+.